The summed E-state index contributed by atoms with van der Waals surface area (Å²) in [6.45, 7) is 3.96. The zero-order chi connectivity index (χ0) is 18.5. The van der Waals surface area contributed by atoms with Crippen LogP contribution in [0.1, 0.15) is 32.3 Å². The summed E-state index contributed by atoms with van der Waals surface area (Å²) >= 11 is 6.00. The van der Waals surface area contributed by atoms with E-state index in [9.17, 15) is 4.79 Å². The lowest BCUT2D eigenvalue weighted by atomic mass is 10.1. The van der Waals surface area contributed by atoms with Crippen LogP contribution in [-0.4, -0.2) is 11.7 Å². The second-order valence-electron chi connectivity index (χ2n) is 6.28. The molecule has 0 unspecified atom stereocenters. The molecule has 1 amide bonds. The monoisotopic (exact) mass is 368 g/mol. The number of rotatable bonds is 5. The molecule has 0 saturated carbocycles. The lowest BCUT2D eigenvalue weighted by molar-refractivity contribution is -0.119. The number of aryl methyl sites for hydroxylation is 1. The van der Waals surface area contributed by atoms with Gasteiger partial charge in [0.1, 0.15) is 5.92 Å². The number of nitrogens with zero attached hydrogens (tertiary/aromatic N) is 4. The molecule has 3 rings (SSSR count). The van der Waals surface area contributed by atoms with E-state index >= 15 is 0 Å². The summed E-state index contributed by atoms with van der Waals surface area (Å²) in [5.41, 5.74) is 2.66. The van der Waals surface area contributed by atoms with Gasteiger partial charge in [-0.15, -0.1) is 15.3 Å². The Balaban J connectivity index is 1.75. The summed E-state index contributed by atoms with van der Waals surface area (Å²) < 4.78 is 0. The van der Waals surface area contributed by atoms with Crippen LogP contribution in [0.5, 0.6) is 0 Å². The highest BCUT2D eigenvalue weighted by Gasteiger charge is 2.33. The van der Waals surface area contributed by atoms with Crippen molar-refractivity contribution in [1.29, 1.82) is 0 Å². The highest BCUT2D eigenvalue weighted by molar-refractivity contribution is 6.31. The SMILES string of the molecule is CCCCc1ccc(N=NC2=NN(c3cccc(Cl)c3)C(=O)[C@@H]2C)cc1. The van der Waals surface area contributed by atoms with E-state index in [1.807, 2.05) is 12.1 Å². The first-order valence-electron chi connectivity index (χ1n) is 8.77. The number of unbranched alkanes of at least 4 members (excludes halogenated alkanes) is 1. The van der Waals surface area contributed by atoms with Crippen molar-refractivity contribution >= 4 is 34.7 Å². The van der Waals surface area contributed by atoms with Gasteiger partial charge in [-0.1, -0.05) is 43.1 Å². The number of benzene rings is 2. The zero-order valence-corrected chi connectivity index (χ0v) is 15.6. The number of anilines is 1. The van der Waals surface area contributed by atoms with E-state index in [0.29, 0.717) is 16.5 Å². The minimum Gasteiger partial charge on any atom is -0.272 e. The van der Waals surface area contributed by atoms with Gasteiger partial charge in [0, 0.05) is 5.02 Å². The summed E-state index contributed by atoms with van der Waals surface area (Å²) in [6.07, 6.45) is 3.42. The molecule has 0 bridgehead atoms. The minimum atomic E-state index is -0.443. The fraction of sp³-hybridized carbons (Fsp3) is 0.300. The molecule has 0 aromatic heterocycles. The van der Waals surface area contributed by atoms with Crippen LogP contribution in [0, 0.1) is 5.92 Å². The molecule has 1 aliphatic heterocycles. The predicted octanol–water partition coefficient (Wildman–Crippen LogP) is 5.76. The fourth-order valence-electron chi connectivity index (χ4n) is 2.65. The van der Waals surface area contributed by atoms with Crippen molar-refractivity contribution < 1.29 is 4.79 Å². The maximum absolute atomic E-state index is 12.5. The smallest absolute Gasteiger partial charge is 0.258 e. The molecule has 0 fully saturated rings. The molecule has 0 spiro atoms. The third-order valence-electron chi connectivity index (χ3n) is 4.24. The van der Waals surface area contributed by atoms with Gasteiger partial charge < -0.3 is 0 Å². The summed E-state index contributed by atoms with van der Waals surface area (Å²) in [5.74, 6) is -0.192. The van der Waals surface area contributed by atoms with Crippen molar-refractivity contribution in [2.75, 3.05) is 5.01 Å². The summed E-state index contributed by atoms with van der Waals surface area (Å²) in [7, 11) is 0. The molecule has 0 saturated heterocycles. The number of azo groups is 1. The van der Waals surface area contributed by atoms with Gasteiger partial charge in [-0.05, 0) is 55.7 Å². The van der Waals surface area contributed by atoms with E-state index in [1.54, 1.807) is 31.2 Å². The third-order valence-corrected chi connectivity index (χ3v) is 4.48. The Morgan fingerprint density at radius 2 is 1.92 bits per heavy atom. The Bertz CT molecular complexity index is 845. The van der Waals surface area contributed by atoms with E-state index in [2.05, 4.69) is 34.4 Å². The van der Waals surface area contributed by atoms with Gasteiger partial charge in [0.15, 0.2) is 5.84 Å². The quantitative estimate of drug-likeness (QED) is 0.618. The van der Waals surface area contributed by atoms with Crippen LogP contribution in [0.2, 0.25) is 5.02 Å². The Morgan fingerprint density at radius 3 is 2.62 bits per heavy atom. The first-order chi connectivity index (χ1) is 12.6. The molecular weight excluding hydrogens is 348 g/mol. The number of hydrazone groups is 1. The number of carbonyl (C=O) groups is 1. The van der Waals surface area contributed by atoms with E-state index in [-0.39, 0.29) is 5.91 Å². The fourth-order valence-corrected chi connectivity index (χ4v) is 2.84. The van der Waals surface area contributed by atoms with Crippen LogP contribution >= 0.6 is 11.6 Å². The van der Waals surface area contributed by atoms with Gasteiger partial charge in [-0.2, -0.15) is 5.01 Å². The summed E-state index contributed by atoms with van der Waals surface area (Å²) in [6, 6.07) is 15.0. The first-order valence-corrected chi connectivity index (χ1v) is 9.15. The van der Waals surface area contributed by atoms with Crippen LogP contribution in [0.3, 0.4) is 0 Å². The number of hydrogen-bond donors (Lipinski definition) is 0. The Morgan fingerprint density at radius 1 is 1.15 bits per heavy atom. The average molecular weight is 369 g/mol. The van der Waals surface area contributed by atoms with E-state index in [4.69, 9.17) is 11.6 Å². The molecule has 1 heterocycles. The largest absolute Gasteiger partial charge is 0.272 e. The molecule has 2 aromatic rings. The molecule has 6 heteroatoms. The molecule has 5 nitrogen and oxygen atoms in total. The first kappa shape index (κ1) is 18.3. The topological polar surface area (TPSA) is 57.4 Å². The maximum Gasteiger partial charge on any atom is 0.258 e. The van der Waals surface area contributed by atoms with Crippen LogP contribution in [0.4, 0.5) is 11.4 Å². The lowest BCUT2D eigenvalue weighted by Crippen LogP contribution is -2.25. The molecule has 0 N–H and O–H groups in total. The highest BCUT2D eigenvalue weighted by atomic mass is 35.5. The predicted molar refractivity (Wildman–Crippen MR) is 105 cm³/mol. The number of carbonyl (C=O) groups excluding carboxylic acids is 1. The van der Waals surface area contributed by atoms with E-state index in [1.165, 1.54) is 23.4 Å². The molecule has 0 aliphatic carbocycles. The van der Waals surface area contributed by atoms with Gasteiger partial charge in [0.2, 0.25) is 0 Å². The van der Waals surface area contributed by atoms with E-state index < -0.39 is 5.92 Å². The van der Waals surface area contributed by atoms with Crippen molar-refractivity contribution in [1.82, 2.24) is 0 Å². The minimum absolute atomic E-state index is 0.142. The Hall–Kier alpha value is -2.53. The van der Waals surface area contributed by atoms with Crippen LogP contribution in [-0.2, 0) is 11.2 Å². The van der Waals surface area contributed by atoms with Crippen molar-refractivity contribution in [2.45, 2.75) is 33.1 Å². The Labute approximate surface area is 158 Å². The molecule has 0 radical (unpaired) electrons. The number of hydrogen-bond acceptors (Lipinski definition) is 4. The van der Waals surface area contributed by atoms with Crippen molar-refractivity contribution in [3.8, 4) is 0 Å². The van der Waals surface area contributed by atoms with Crippen molar-refractivity contribution in [3.63, 3.8) is 0 Å². The normalized spacial score (nSPS) is 17.2. The highest BCUT2D eigenvalue weighted by Crippen LogP contribution is 2.27. The van der Waals surface area contributed by atoms with Gasteiger partial charge in [-0.25, -0.2) is 0 Å². The standard InChI is InChI=1S/C20H21ClN4O/c1-3-4-6-15-9-11-17(12-10-15)22-23-19-14(2)20(26)25(24-19)18-8-5-7-16(21)13-18/h5,7-14H,3-4,6H2,1-2H3/t14-/m1/s1. The maximum atomic E-state index is 12.5. The number of halogens is 1. The molecule has 2 aromatic carbocycles. The van der Waals surface area contributed by atoms with Gasteiger partial charge >= 0.3 is 0 Å². The molecule has 26 heavy (non-hydrogen) atoms. The van der Waals surface area contributed by atoms with Gasteiger partial charge in [-0.3, -0.25) is 4.79 Å². The number of amidine groups is 1. The second kappa shape index (κ2) is 8.23. The van der Waals surface area contributed by atoms with Crippen LogP contribution < -0.4 is 5.01 Å². The molecule has 134 valence electrons. The zero-order valence-electron chi connectivity index (χ0n) is 14.9. The second-order valence-corrected chi connectivity index (χ2v) is 6.72. The third kappa shape index (κ3) is 4.17. The van der Waals surface area contributed by atoms with Crippen LogP contribution in [0.15, 0.2) is 63.9 Å². The van der Waals surface area contributed by atoms with Crippen molar-refractivity contribution in [3.05, 3.63) is 59.1 Å². The number of amides is 1. The average Bonchev–Trinajstić information content (AvgIpc) is 2.94. The van der Waals surface area contributed by atoms with Gasteiger partial charge in [0.25, 0.3) is 5.91 Å². The summed E-state index contributed by atoms with van der Waals surface area (Å²) in [4.78, 5) is 12.5. The van der Waals surface area contributed by atoms with Gasteiger partial charge in [0.05, 0.1) is 11.4 Å². The van der Waals surface area contributed by atoms with Crippen LogP contribution in [0.25, 0.3) is 0 Å². The van der Waals surface area contributed by atoms with Crippen molar-refractivity contribution in [2.24, 2.45) is 21.2 Å². The lowest BCUT2D eigenvalue weighted by Gasteiger charge is -2.12. The van der Waals surface area contributed by atoms with E-state index in [0.717, 1.165) is 12.1 Å². The molecular formula is C20H21ClN4O. The molecule has 1 atom stereocenters. The Kier molecular flexibility index (Phi) is 5.78. The summed E-state index contributed by atoms with van der Waals surface area (Å²) in [5, 5.41) is 14.6. The molecule has 1 aliphatic rings.